The standard InChI is InChI=1S/C19H19ClN2OS/c1-13(2)11-22-18(23)16-10-15(20)8-9-17(16)21-19(22)24-12-14-6-4-3-5-7-14/h3-10,13H,11-12H2,1-2H3. The zero-order chi connectivity index (χ0) is 17.1. The average molecular weight is 359 g/mol. The predicted molar refractivity (Wildman–Crippen MR) is 102 cm³/mol. The molecule has 5 heteroatoms. The maximum absolute atomic E-state index is 12.9. The molecular formula is C19H19ClN2OS. The monoisotopic (exact) mass is 358 g/mol. The second kappa shape index (κ2) is 7.41. The smallest absolute Gasteiger partial charge is 0.262 e. The number of benzene rings is 2. The van der Waals surface area contributed by atoms with E-state index in [1.54, 1.807) is 28.5 Å². The molecule has 3 nitrogen and oxygen atoms in total. The van der Waals surface area contributed by atoms with E-state index in [1.807, 2.05) is 24.3 Å². The van der Waals surface area contributed by atoms with Crippen molar-refractivity contribution in [2.24, 2.45) is 5.92 Å². The van der Waals surface area contributed by atoms with Crippen LogP contribution in [-0.2, 0) is 12.3 Å². The highest BCUT2D eigenvalue weighted by atomic mass is 35.5. The molecule has 0 aliphatic heterocycles. The molecule has 0 saturated carbocycles. The third kappa shape index (κ3) is 3.82. The van der Waals surface area contributed by atoms with E-state index >= 15 is 0 Å². The lowest BCUT2D eigenvalue weighted by atomic mass is 10.2. The van der Waals surface area contributed by atoms with Crippen LogP contribution < -0.4 is 5.56 Å². The summed E-state index contributed by atoms with van der Waals surface area (Å²) in [5, 5.41) is 1.89. The minimum Gasteiger partial charge on any atom is -0.287 e. The summed E-state index contributed by atoms with van der Waals surface area (Å²) < 4.78 is 1.77. The summed E-state index contributed by atoms with van der Waals surface area (Å²) in [6.07, 6.45) is 0. The highest BCUT2D eigenvalue weighted by molar-refractivity contribution is 7.98. The lowest BCUT2D eigenvalue weighted by molar-refractivity contribution is 0.475. The number of rotatable bonds is 5. The summed E-state index contributed by atoms with van der Waals surface area (Å²) in [6.45, 7) is 4.84. The van der Waals surface area contributed by atoms with Gasteiger partial charge in [0.15, 0.2) is 5.16 Å². The van der Waals surface area contributed by atoms with Crippen molar-refractivity contribution < 1.29 is 0 Å². The Morgan fingerprint density at radius 1 is 1.17 bits per heavy atom. The van der Waals surface area contributed by atoms with Crippen LogP contribution in [0, 0.1) is 5.92 Å². The van der Waals surface area contributed by atoms with Gasteiger partial charge < -0.3 is 0 Å². The lowest BCUT2D eigenvalue weighted by Crippen LogP contribution is -2.25. The maximum atomic E-state index is 12.9. The van der Waals surface area contributed by atoms with E-state index in [1.165, 1.54) is 5.56 Å². The van der Waals surface area contributed by atoms with Gasteiger partial charge in [0.05, 0.1) is 10.9 Å². The van der Waals surface area contributed by atoms with E-state index in [0.29, 0.717) is 28.4 Å². The molecule has 0 unspecified atom stereocenters. The summed E-state index contributed by atoms with van der Waals surface area (Å²) >= 11 is 7.64. The van der Waals surface area contributed by atoms with Crippen molar-refractivity contribution in [1.29, 1.82) is 0 Å². The van der Waals surface area contributed by atoms with Crippen LogP contribution in [0.3, 0.4) is 0 Å². The quantitative estimate of drug-likeness (QED) is 0.475. The fraction of sp³-hybridized carbons (Fsp3) is 0.263. The van der Waals surface area contributed by atoms with E-state index in [2.05, 4.69) is 26.0 Å². The van der Waals surface area contributed by atoms with Crippen molar-refractivity contribution in [3.8, 4) is 0 Å². The first kappa shape index (κ1) is 17.1. The summed E-state index contributed by atoms with van der Waals surface area (Å²) in [5.74, 6) is 1.14. The molecule has 0 aliphatic rings. The van der Waals surface area contributed by atoms with E-state index in [9.17, 15) is 4.79 Å². The number of hydrogen-bond donors (Lipinski definition) is 0. The Balaban J connectivity index is 2.04. The molecule has 0 bridgehead atoms. The molecule has 0 atom stereocenters. The van der Waals surface area contributed by atoms with Gasteiger partial charge in [-0.3, -0.25) is 9.36 Å². The average Bonchev–Trinajstić information content (AvgIpc) is 2.57. The maximum Gasteiger partial charge on any atom is 0.262 e. The molecule has 0 radical (unpaired) electrons. The molecule has 124 valence electrons. The predicted octanol–water partition coefficient (Wildman–Crippen LogP) is 5.00. The van der Waals surface area contributed by atoms with Crippen LogP contribution in [0.2, 0.25) is 5.02 Å². The minimum absolute atomic E-state index is 0.0215. The number of halogens is 1. The first-order chi connectivity index (χ1) is 11.5. The van der Waals surface area contributed by atoms with E-state index in [4.69, 9.17) is 16.6 Å². The molecule has 2 aromatic carbocycles. The molecule has 3 aromatic rings. The highest BCUT2D eigenvalue weighted by Gasteiger charge is 2.13. The second-order valence-electron chi connectivity index (χ2n) is 6.14. The molecule has 0 spiro atoms. The number of thioether (sulfide) groups is 1. The number of hydrogen-bond acceptors (Lipinski definition) is 3. The van der Waals surface area contributed by atoms with Crippen molar-refractivity contribution in [2.75, 3.05) is 0 Å². The molecule has 24 heavy (non-hydrogen) atoms. The van der Waals surface area contributed by atoms with Crippen molar-refractivity contribution in [1.82, 2.24) is 9.55 Å². The molecule has 0 N–H and O–H groups in total. The van der Waals surface area contributed by atoms with Gasteiger partial charge in [0.1, 0.15) is 0 Å². The molecular weight excluding hydrogens is 340 g/mol. The van der Waals surface area contributed by atoms with Gasteiger partial charge in [-0.2, -0.15) is 0 Å². The molecule has 1 aromatic heterocycles. The molecule has 0 amide bonds. The molecule has 1 heterocycles. The van der Waals surface area contributed by atoms with Crippen LogP contribution in [0.4, 0.5) is 0 Å². The second-order valence-corrected chi connectivity index (χ2v) is 7.52. The summed E-state index contributed by atoms with van der Waals surface area (Å²) in [4.78, 5) is 17.6. The Morgan fingerprint density at radius 3 is 2.62 bits per heavy atom. The Hall–Kier alpha value is -1.78. The number of aromatic nitrogens is 2. The molecule has 0 fully saturated rings. The van der Waals surface area contributed by atoms with Crippen LogP contribution in [0.1, 0.15) is 19.4 Å². The van der Waals surface area contributed by atoms with Crippen LogP contribution in [0.5, 0.6) is 0 Å². The summed E-state index contributed by atoms with van der Waals surface area (Å²) in [7, 11) is 0. The topological polar surface area (TPSA) is 34.9 Å². The van der Waals surface area contributed by atoms with Crippen molar-refractivity contribution in [2.45, 2.75) is 31.3 Å². The normalized spacial score (nSPS) is 11.3. The van der Waals surface area contributed by atoms with Crippen molar-refractivity contribution in [3.63, 3.8) is 0 Å². The van der Waals surface area contributed by atoms with Crippen molar-refractivity contribution in [3.05, 3.63) is 69.5 Å². The van der Waals surface area contributed by atoms with Gasteiger partial charge in [0.2, 0.25) is 0 Å². The summed E-state index contributed by atoms with van der Waals surface area (Å²) in [5.41, 5.74) is 1.88. The van der Waals surface area contributed by atoms with E-state index < -0.39 is 0 Å². The molecule has 0 saturated heterocycles. The largest absolute Gasteiger partial charge is 0.287 e. The minimum atomic E-state index is -0.0215. The Labute approximate surface area is 150 Å². The van der Waals surface area contributed by atoms with Gasteiger partial charge in [0.25, 0.3) is 5.56 Å². The number of fused-ring (bicyclic) bond motifs is 1. The third-order valence-corrected chi connectivity index (χ3v) is 4.92. The van der Waals surface area contributed by atoms with Crippen LogP contribution in [-0.4, -0.2) is 9.55 Å². The van der Waals surface area contributed by atoms with Crippen LogP contribution >= 0.6 is 23.4 Å². The van der Waals surface area contributed by atoms with E-state index in [0.717, 1.165) is 10.9 Å². The van der Waals surface area contributed by atoms with Gasteiger partial charge in [-0.25, -0.2) is 4.98 Å². The number of nitrogens with zero attached hydrogens (tertiary/aromatic N) is 2. The SMILES string of the molecule is CC(C)Cn1c(SCc2ccccc2)nc2ccc(Cl)cc2c1=O. The van der Waals surface area contributed by atoms with Crippen LogP contribution in [0.15, 0.2) is 58.5 Å². The third-order valence-electron chi connectivity index (χ3n) is 3.64. The Morgan fingerprint density at radius 2 is 1.92 bits per heavy atom. The van der Waals surface area contributed by atoms with Gasteiger partial charge in [-0.1, -0.05) is 67.5 Å². The van der Waals surface area contributed by atoms with E-state index in [-0.39, 0.29) is 5.56 Å². The zero-order valence-corrected chi connectivity index (χ0v) is 15.3. The Bertz CT molecular complexity index is 906. The van der Waals surface area contributed by atoms with Gasteiger partial charge in [-0.15, -0.1) is 0 Å². The first-order valence-electron chi connectivity index (χ1n) is 7.91. The first-order valence-corrected chi connectivity index (χ1v) is 9.28. The van der Waals surface area contributed by atoms with Crippen molar-refractivity contribution >= 4 is 34.3 Å². The Kier molecular flexibility index (Phi) is 5.27. The van der Waals surface area contributed by atoms with Gasteiger partial charge >= 0.3 is 0 Å². The van der Waals surface area contributed by atoms with Gasteiger partial charge in [0, 0.05) is 17.3 Å². The zero-order valence-electron chi connectivity index (χ0n) is 13.7. The van der Waals surface area contributed by atoms with Crippen LogP contribution in [0.25, 0.3) is 10.9 Å². The summed E-state index contributed by atoms with van der Waals surface area (Å²) in [6, 6.07) is 15.5. The fourth-order valence-corrected chi connectivity index (χ4v) is 3.67. The molecule has 3 rings (SSSR count). The van der Waals surface area contributed by atoms with Gasteiger partial charge in [-0.05, 0) is 29.7 Å². The lowest BCUT2D eigenvalue weighted by Gasteiger charge is -2.15. The highest BCUT2D eigenvalue weighted by Crippen LogP contribution is 2.24. The molecule has 0 aliphatic carbocycles. The fourth-order valence-electron chi connectivity index (χ4n) is 2.53.